The lowest BCUT2D eigenvalue weighted by Gasteiger charge is -2.24. The Kier molecular flexibility index (Phi) is 5.24. The summed E-state index contributed by atoms with van der Waals surface area (Å²) in [5.74, 6) is -0.973. The molecule has 1 aromatic rings. The summed E-state index contributed by atoms with van der Waals surface area (Å²) in [5, 5.41) is 8.89. The molecule has 10 heteroatoms. The zero-order valence-corrected chi connectivity index (χ0v) is 15.6. The molecule has 2 saturated heterocycles. The minimum Gasteiger partial charge on any atom is -0.497 e. The molecule has 0 aliphatic carbocycles. The van der Waals surface area contributed by atoms with Gasteiger partial charge in [0.15, 0.2) is 15.0 Å². The van der Waals surface area contributed by atoms with Crippen molar-refractivity contribution in [3.05, 3.63) is 24.3 Å². The molecule has 2 heterocycles. The predicted octanol–water partition coefficient (Wildman–Crippen LogP) is 1.16. The number of anilines is 1. The molecule has 0 saturated carbocycles. The molecule has 1 amide bonds. The molecule has 3 rings (SSSR count). The van der Waals surface area contributed by atoms with Crippen LogP contribution in [0, 0.1) is 0 Å². The van der Waals surface area contributed by atoms with Crippen molar-refractivity contribution in [3.63, 3.8) is 0 Å². The molecule has 1 N–H and O–H groups in total. The zero-order chi connectivity index (χ0) is 18.9. The maximum Gasteiger partial charge on any atom is 0.303 e. The Morgan fingerprint density at radius 2 is 2.12 bits per heavy atom. The number of sulfone groups is 1. The predicted molar refractivity (Wildman–Crippen MR) is 98.6 cm³/mol. The molecule has 0 unspecified atom stereocenters. The number of rotatable bonds is 5. The maximum atomic E-state index is 12.0. The largest absolute Gasteiger partial charge is 0.497 e. The number of aliphatic carboxylic acids is 1. The highest BCUT2D eigenvalue weighted by Gasteiger charge is 2.49. The van der Waals surface area contributed by atoms with Crippen LogP contribution in [-0.4, -0.2) is 60.5 Å². The number of hydrogen-bond donors (Lipinski definition) is 1. The molecule has 0 spiro atoms. The minimum absolute atomic E-state index is 0.00971. The molecule has 26 heavy (non-hydrogen) atoms. The minimum atomic E-state index is -3.15. The van der Waals surface area contributed by atoms with Gasteiger partial charge in [-0.15, -0.1) is 0 Å². The number of hydrogen-bond acceptors (Lipinski definition) is 6. The highest BCUT2D eigenvalue weighted by Crippen LogP contribution is 2.41. The fourth-order valence-electron chi connectivity index (χ4n) is 3.00. The average Bonchev–Trinajstić information content (AvgIpc) is 3.03. The van der Waals surface area contributed by atoms with Gasteiger partial charge in [0.1, 0.15) is 5.75 Å². The van der Waals surface area contributed by atoms with E-state index in [0.717, 1.165) is 0 Å². The summed E-state index contributed by atoms with van der Waals surface area (Å²) in [4.78, 5) is 28.5. The highest BCUT2D eigenvalue weighted by atomic mass is 32.2. The SMILES string of the molecule is COc1cccc(N2C(=NC(=O)CCC(=O)O)S[C@@H]3CS(=O)(=O)C[C@@H]32)c1. The van der Waals surface area contributed by atoms with Crippen LogP contribution >= 0.6 is 11.8 Å². The molecule has 0 aromatic heterocycles. The van der Waals surface area contributed by atoms with Crippen LogP contribution in [0.4, 0.5) is 5.69 Å². The van der Waals surface area contributed by atoms with Crippen LogP contribution in [0.5, 0.6) is 5.75 Å². The van der Waals surface area contributed by atoms with Crippen molar-refractivity contribution < 1.29 is 27.9 Å². The van der Waals surface area contributed by atoms with Gasteiger partial charge in [0.05, 0.1) is 31.1 Å². The van der Waals surface area contributed by atoms with Crippen molar-refractivity contribution in [3.8, 4) is 5.75 Å². The average molecular weight is 398 g/mol. The van der Waals surface area contributed by atoms with Gasteiger partial charge in [0.2, 0.25) is 5.91 Å². The van der Waals surface area contributed by atoms with Crippen LogP contribution in [0.3, 0.4) is 0 Å². The van der Waals surface area contributed by atoms with Gasteiger partial charge in [-0.2, -0.15) is 4.99 Å². The van der Waals surface area contributed by atoms with Gasteiger partial charge in [0, 0.05) is 23.4 Å². The number of methoxy groups -OCH3 is 1. The number of fused-ring (bicyclic) bond motifs is 1. The summed E-state index contributed by atoms with van der Waals surface area (Å²) in [6.45, 7) is 0. The van der Waals surface area contributed by atoms with Gasteiger partial charge in [-0.1, -0.05) is 17.8 Å². The van der Waals surface area contributed by atoms with Crippen LogP contribution < -0.4 is 9.64 Å². The summed E-state index contributed by atoms with van der Waals surface area (Å²) >= 11 is 1.25. The van der Waals surface area contributed by atoms with Crippen LogP contribution in [0.25, 0.3) is 0 Å². The number of nitrogens with zero attached hydrogens (tertiary/aromatic N) is 2. The number of amides is 1. The maximum absolute atomic E-state index is 12.0. The molecular formula is C16H18N2O6S2. The number of carbonyl (C=O) groups is 2. The lowest BCUT2D eigenvalue weighted by molar-refractivity contribution is -0.138. The number of carbonyl (C=O) groups excluding carboxylic acids is 1. The Balaban J connectivity index is 1.93. The lowest BCUT2D eigenvalue weighted by Crippen LogP contribution is -2.37. The van der Waals surface area contributed by atoms with Gasteiger partial charge in [-0.3, -0.25) is 9.59 Å². The van der Waals surface area contributed by atoms with Crippen LogP contribution in [0.15, 0.2) is 29.3 Å². The van der Waals surface area contributed by atoms with E-state index < -0.39 is 21.7 Å². The van der Waals surface area contributed by atoms with E-state index in [-0.39, 0.29) is 35.6 Å². The van der Waals surface area contributed by atoms with E-state index >= 15 is 0 Å². The summed E-state index contributed by atoms with van der Waals surface area (Å²) in [6.07, 6.45) is -0.486. The standard InChI is InChI=1S/C16H18N2O6S2/c1-24-11-4-2-3-10(7-11)18-12-8-26(22,23)9-13(12)25-16(18)17-14(19)5-6-15(20)21/h2-4,7,12-13H,5-6,8-9H2,1H3,(H,20,21)/t12-,13+/m0/s1. The first kappa shape index (κ1) is 18.7. The van der Waals surface area contributed by atoms with Gasteiger partial charge < -0.3 is 14.7 Å². The Morgan fingerprint density at radius 3 is 2.81 bits per heavy atom. The summed E-state index contributed by atoms with van der Waals surface area (Å²) in [7, 11) is -1.61. The quantitative estimate of drug-likeness (QED) is 0.786. The number of amidine groups is 1. The smallest absolute Gasteiger partial charge is 0.303 e. The Labute approximate surface area is 155 Å². The number of ether oxygens (including phenoxy) is 1. The molecule has 2 fully saturated rings. The third-order valence-corrected chi connectivity index (χ3v) is 7.38. The Bertz CT molecular complexity index is 867. The van der Waals surface area contributed by atoms with Crippen molar-refractivity contribution >= 4 is 44.3 Å². The van der Waals surface area contributed by atoms with E-state index in [1.165, 1.54) is 18.9 Å². The van der Waals surface area contributed by atoms with Crippen LogP contribution in [0.2, 0.25) is 0 Å². The van der Waals surface area contributed by atoms with E-state index in [9.17, 15) is 18.0 Å². The van der Waals surface area contributed by atoms with Crippen molar-refractivity contribution in [1.82, 2.24) is 0 Å². The first-order valence-electron chi connectivity index (χ1n) is 7.93. The summed E-state index contributed by atoms with van der Waals surface area (Å²) in [6, 6.07) is 6.78. The summed E-state index contributed by atoms with van der Waals surface area (Å²) in [5.41, 5.74) is 0.686. The molecule has 0 bridgehead atoms. The normalized spacial score (nSPS) is 25.3. The summed E-state index contributed by atoms with van der Waals surface area (Å²) < 4.78 is 29.3. The number of thioether (sulfide) groups is 1. The molecular weight excluding hydrogens is 380 g/mol. The molecule has 0 radical (unpaired) electrons. The van der Waals surface area contributed by atoms with Crippen molar-refractivity contribution in [2.75, 3.05) is 23.5 Å². The van der Waals surface area contributed by atoms with Crippen molar-refractivity contribution in [2.45, 2.75) is 24.1 Å². The molecule has 2 atom stereocenters. The van der Waals surface area contributed by atoms with Crippen molar-refractivity contribution in [2.24, 2.45) is 4.99 Å². The molecule has 2 aliphatic rings. The number of carboxylic acids is 1. The van der Waals surface area contributed by atoms with E-state index in [1.54, 1.807) is 29.2 Å². The van der Waals surface area contributed by atoms with Gasteiger partial charge in [0.25, 0.3) is 0 Å². The number of carboxylic acid groups (broad SMARTS) is 1. The highest BCUT2D eigenvalue weighted by molar-refractivity contribution is 8.16. The van der Waals surface area contributed by atoms with E-state index in [2.05, 4.69) is 4.99 Å². The molecule has 140 valence electrons. The first-order valence-corrected chi connectivity index (χ1v) is 10.6. The fourth-order valence-corrected chi connectivity index (χ4v) is 6.93. The van der Waals surface area contributed by atoms with Gasteiger partial charge in [-0.05, 0) is 12.1 Å². The Morgan fingerprint density at radius 1 is 1.35 bits per heavy atom. The lowest BCUT2D eigenvalue weighted by atomic mass is 10.2. The van der Waals surface area contributed by atoms with E-state index in [4.69, 9.17) is 9.84 Å². The van der Waals surface area contributed by atoms with Gasteiger partial charge in [-0.25, -0.2) is 8.42 Å². The molecule has 2 aliphatic heterocycles. The Hall–Kier alpha value is -2.07. The topological polar surface area (TPSA) is 113 Å². The molecule has 1 aromatic carbocycles. The zero-order valence-electron chi connectivity index (χ0n) is 14.0. The second kappa shape index (κ2) is 7.28. The van der Waals surface area contributed by atoms with Crippen LogP contribution in [0.1, 0.15) is 12.8 Å². The molecule has 8 nitrogen and oxygen atoms in total. The second-order valence-electron chi connectivity index (χ2n) is 6.05. The fraction of sp³-hybridized carbons (Fsp3) is 0.438. The first-order chi connectivity index (χ1) is 12.3. The number of aliphatic imine (C=N–C) groups is 1. The van der Waals surface area contributed by atoms with Crippen molar-refractivity contribution in [1.29, 1.82) is 0 Å². The third-order valence-electron chi connectivity index (χ3n) is 4.17. The number of benzene rings is 1. The van der Waals surface area contributed by atoms with E-state index in [1.807, 2.05) is 0 Å². The van der Waals surface area contributed by atoms with E-state index in [0.29, 0.717) is 16.6 Å². The third kappa shape index (κ3) is 4.01. The monoisotopic (exact) mass is 398 g/mol. The van der Waals surface area contributed by atoms with Crippen LogP contribution in [-0.2, 0) is 19.4 Å². The van der Waals surface area contributed by atoms with Gasteiger partial charge >= 0.3 is 5.97 Å². The second-order valence-corrected chi connectivity index (χ2v) is 9.41.